The Morgan fingerprint density at radius 3 is 2.41 bits per heavy atom. The molecule has 2 aromatic carbocycles. The molecule has 1 aromatic heterocycles. The second-order valence-corrected chi connectivity index (χ2v) is 7.55. The van der Waals surface area contributed by atoms with E-state index in [4.69, 9.17) is 0 Å². The third-order valence-corrected chi connectivity index (χ3v) is 4.24. The summed E-state index contributed by atoms with van der Waals surface area (Å²) in [4.78, 5) is 11.6. The number of nitrogens with zero attached hydrogens (tertiary/aromatic N) is 1. The number of carboxylic acids is 1. The second-order valence-electron chi connectivity index (χ2n) is 5.80. The van der Waals surface area contributed by atoms with Crippen LogP contribution in [0.15, 0.2) is 67.0 Å². The van der Waals surface area contributed by atoms with Gasteiger partial charge < -0.3 is 9.67 Å². The zero-order valence-electron chi connectivity index (χ0n) is 14.4. The largest absolute Gasteiger partial charge is 0.478 e. The Hall–Kier alpha value is -3.50. The third kappa shape index (κ3) is 4.57. The molecular weight excluding hydrogens is 364 g/mol. The van der Waals surface area contributed by atoms with Crippen LogP contribution in [-0.4, -0.2) is 30.3 Å². The fourth-order valence-corrected chi connectivity index (χ4v) is 3.15. The molecule has 1 heterocycles. The Morgan fingerprint density at radius 1 is 1.04 bits per heavy atom. The summed E-state index contributed by atoms with van der Waals surface area (Å²) in [6.07, 6.45) is 4.58. The first-order valence-electron chi connectivity index (χ1n) is 7.93. The van der Waals surface area contributed by atoms with Crippen LogP contribution in [0.2, 0.25) is 0 Å². The van der Waals surface area contributed by atoms with E-state index in [1.165, 1.54) is 6.07 Å². The van der Waals surface area contributed by atoms with Gasteiger partial charge in [-0.25, -0.2) is 13.2 Å². The molecule has 6 nitrogen and oxygen atoms in total. The molecule has 7 heteroatoms. The van der Waals surface area contributed by atoms with Crippen molar-refractivity contribution in [2.75, 3.05) is 11.0 Å². The topological polar surface area (TPSA) is 88.4 Å². The monoisotopic (exact) mass is 380 g/mol. The molecule has 2 N–H and O–H groups in total. The van der Waals surface area contributed by atoms with E-state index in [9.17, 15) is 18.3 Å². The highest BCUT2D eigenvalue weighted by atomic mass is 32.2. The van der Waals surface area contributed by atoms with Crippen molar-refractivity contribution in [3.8, 4) is 17.5 Å². The average Bonchev–Trinajstić information content (AvgIpc) is 3.12. The summed E-state index contributed by atoms with van der Waals surface area (Å²) in [5.74, 6) is 4.92. The van der Waals surface area contributed by atoms with Gasteiger partial charge in [0.05, 0.1) is 17.5 Å². The van der Waals surface area contributed by atoms with Gasteiger partial charge in [0.1, 0.15) is 0 Å². The van der Waals surface area contributed by atoms with Crippen LogP contribution in [0.25, 0.3) is 5.69 Å². The molecule has 0 saturated carbocycles. The van der Waals surface area contributed by atoms with E-state index < -0.39 is 16.0 Å². The summed E-state index contributed by atoms with van der Waals surface area (Å²) in [5, 5.41) is 9.49. The van der Waals surface area contributed by atoms with Gasteiger partial charge in [-0.05, 0) is 42.5 Å². The van der Waals surface area contributed by atoms with Gasteiger partial charge in [0.2, 0.25) is 10.0 Å². The average molecular weight is 380 g/mol. The first kappa shape index (κ1) is 18.3. The summed E-state index contributed by atoms with van der Waals surface area (Å²) in [5.41, 5.74) is 2.18. The standard InChI is InChI=1S/C20H16N2O4S/c1-27(25,26)21-17-8-4-6-15(14-17)10-11-16-7-5-9-18(20(23)24)19(16)22-12-2-3-13-22/h2-9,12-14,21H,1H3,(H,23,24). The molecule has 0 aliphatic rings. The van der Waals surface area contributed by atoms with Gasteiger partial charge in [0, 0.05) is 29.2 Å². The van der Waals surface area contributed by atoms with Crippen molar-refractivity contribution in [2.45, 2.75) is 0 Å². The molecule has 0 saturated heterocycles. The highest BCUT2D eigenvalue weighted by Crippen LogP contribution is 2.20. The molecule has 3 aromatic rings. The molecule has 0 radical (unpaired) electrons. The normalized spacial score (nSPS) is 10.7. The maximum atomic E-state index is 11.6. The summed E-state index contributed by atoms with van der Waals surface area (Å²) < 4.78 is 26.8. The van der Waals surface area contributed by atoms with Crippen LogP contribution in [0.5, 0.6) is 0 Å². The van der Waals surface area contributed by atoms with Crippen LogP contribution in [0.1, 0.15) is 21.5 Å². The molecule has 0 spiro atoms. The molecule has 136 valence electrons. The number of carbonyl (C=O) groups is 1. The Labute approximate surface area is 157 Å². The number of aromatic carboxylic acids is 1. The molecule has 0 unspecified atom stereocenters. The maximum absolute atomic E-state index is 11.6. The predicted octanol–water partition coefficient (Wildman–Crippen LogP) is 2.95. The fraction of sp³-hybridized carbons (Fsp3) is 0.0500. The van der Waals surface area contributed by atoms with E-state index in [-0.39, 0.29) is 5.56 Å². The molecule has 0 aliphatic carbocycles. The number of benzene rings is 2. The van der Waals surface area contributed by atoms with Crippen molar-refractivity contribution < 1.29 is 18.3 Å². The SMILES string of the molecule is CS(=O)(=O)Nc1cccc(C#Cc2cccc(C(=O)O)c2-n2cccc2)c1. The number of sulfonamides is 1. The number of para-hydroxylation sites is 1. The van der Waals surface area contributed by atoms with Crippen molar-refractivity contribution in [1.29, 1.82) is 0 Å². The van der Waals surface area contributed by atoms with Gasteiger partial charge in [0.25, 0.3) is 0 Å². The Bertz CT molecular complexity index is 1150. The van der Waals surface area contributed by atoms with Crippen molar-refractivity contribution in [1.82, 2.24) is 4.57 Å². The first-order valence-corrected chi connectivity index (χ1v) is 9.82. The quantitative estimate of drug-likeness (QED) is 0.681. The molecule has 0 atom stereocenters. The van der Waals surface area contributed by atoms with Crippen LogP contribution in [0.3, 0.4) is 0 Å². The van der Waals surface area contributed by atoms with E-state index in [1.54, 1.807) is 65.5 Å². The number of rotatable bonds is 4. The zero-order chi connectivity index (χ0) is 19.4. The van der Waals surface area contributed by atoms with E-state index >= 15 is 0 Å². The lowest BCUT2D eigenvalue weighted by Crippen LogP contribution is -2.09. The predicted molar refractivity (Wildman–Crippen MR) is 104 cm³/mol. The van der Waals surface area contributed by atoms with Crippen molar-refractivity contribution >= 4 is 21.7 Å². The molecule has 3 rings (SSSR count). The highest BCUT2D eigenvalue weighted by molar-refractivity contribution is 7.92. The minimum absolute atomic E-state index is 0.144. The molecule has 0 amide bonds. The summed E-state index contributed by atoms with van der Waals surface area (Å²) in [6, 6.07) is 15.2. The number of hydrogen-bond donors (Lipinski definition) is 2. The lowest BCUT2D eigenvalue weighted by Gasteiger charge is -2.10. The minimum Gasteiger partial charge on any atom is -0.478 e. The third-order valence-electron chi connectivity index (χ3n) is 3.64. The van der Waals surface area contributed by atoms with E-state index in [0.29, 0.717) is 22.5 Å². The molecule has 0 fully saturated rings. The Morgan fingerprint density at radius 2 is 1.74 bits per heavy atom. The van der Waals surface area contributed by atoms with Crippen molar-refractivity contribution in [3.63, 3.8) is 0 Å². The molecule has 27 heavy (non-hydrogen) atoms. The molecule has 0 aliphatic heterocycles. The lowest BCUT2D eigenvalue weighted by atomic mass is 10.1. The number of carboxylic acid groups (broad SMARTS) is 1. The molecular formula is C20H16N2O4S. The van der Waals surface area contributed by atoms with Crippen molar-refractivity contribution in [3.05, 3.63) is 83.7 Å². The minimum atomic E-state index is -3.38. The number of aromatic nitrogens is 1. The zero-order valence-corrected chi connectivity index (χ0v) is 15.2. The number of anilines is 1. The van der Waals surface area contributed by atoms with Gasteiger partial charge in [-0.2, -0.15) is 0 Å². The van der Waals surface area contributed by atoms with Gasteiger partial charge in [0.15, 0.2) is 0 Å². The first-order chi connectivity index (χ1) is 12.8. The van der Waals surface area contributed by atoms with E-state index in [1.807, 2.05) is 0 Å². The highest BCUT2D eigenvalue weighted by Gasteiger charge is 2.14. The van der Waals surface area contributed by atoms with Crippen molar-refractivity contribution in [2.24, 2.45) is 0 Å². The summed E-state index contributed by atoms with van der Waals surface area (Å²) in [7, 11) is -3.38. The summed E-state index contributed by atoms with van der Waals surface area (Å²) >= 11 is 0. The van der Waals surface area contributed by atoms with Gasteiger partial charge in [-0.15, -0.1) is 0 Å². The molecule has 0 bridgehead atoms. The van der Waals surface area contributed by atoms with Gasteiger partial charge in [-0.3, -0.25) is 4.72 Å². The van der Waals surface area contributed by atoms with Crippen LogP contribution in [0, 0.1) is 11.8 Å². The van der Waals surface area contributed by atoms with Crippen LogP contribution in [-0.2, 0) is 10.0 Å². The van der Waals surface area contributed by atoms with E-state index in [2.05, 4.69) is 16.6 Å². The Kier molecular flexibility index (Phi) is 5.01. The van der Waals surface area contributed by atoms with Crippen LogP contribution < -0.4 is 4.72 Å². The Balaban J connectivity index is 2.05. The summed E-state index contributed by atoms with van der Waals surface area (Å²) in [6.45, 7) is 0. The fourth-order valence-electron chi connectivity index (χ4n) is 2.59. The van der Waals surface area contributed by atoms with Crippen LogP contribution >= 0.6 is 0 Å². The second kappa shape index (κ2) is 7.40. The lowest BCUT2D eigenvalue weighted by molar-refractivity contribution is 0.0697. The number of hydrogen-bond acceptors (Lipinski definition) is 3. The van der Waals surface area contributed by atoms with Gasteiger partial charge in [-0.1, -0.05) is 24.0 Å². The maximum Gasteiger partial charge on any atom is 0.337 e. The number of nitrogens with one attached hydrogen (secondary N) is 1. The van der Waals surface area contributed by atoms with Crippen LogP contribution in [0.4, 0.5) is 5.69 Å². The van der Waals surface area contributed by atoms with Gasteiger partial charge >= 0.3 is 5.97 Å². The van der Waals surface area contributed by atoms with E-state index in [0.717, 1.165) is 6.26 Å². The smallest absolute Gasteiger partial charge is 0.337 e.